The summed E-state index contributed by atoms with van der Waals surface area (Å²) >= 11 is 0. The monoisotopic (exact) mass is 372 g/mol. The summed E-state index contributed by atoms with van der Waals surface area (Å²) in [5.41, 5.74) is 7.87. The molecule has 0 heteroatoms. The molecule has 0 aliphatic rings. The van der Waals surface area contributed by atoms with E-state index in [2.05, 4.69) is 111 Å². The average Bonchev–Trinajstić information content (AvgIpc) is 2.78. The zero-order valence-electron chi connectivity index (χ0n) is 16.9. The Bertz CT molecular complexity index is 1250. The number of rotatable bonds is 3. The van der Waals surface area contributed by atoms with Crippen LogP contribution in [0.4, 0.5) is 0 Å². The standard InChI is InChI=1S/C29H24/c1-3-21-14-18-23(19-15-21)29-26-10-6-4-8-24(26)28(22-16-12-20(2)13-17-22)25-9-5-7-11-27(25)29/h4-19H,3H2,1-2H3. The maximum absolute atomic E-state index is 2.28. The minimum absolute atomic E-state index is 1.06. The minimum atomic E-state index is 1.06. The topological polar surface area (TPSA) is 0 Å². The first kappa shape index (κ1) is 17.7. The van der Waals surface area contributed by atoms with Gasteiger partial charge in [-0.1, -0.05) is 110 Å². The van der Waals surface area contributed by atoms with E-state index in [1.54, 1.807) is 0 Å². The van der Waals surface area contributed by atoms with Gasteiger partial charge in [-0.3, -0.25) is 0 Å². The van der Waals surface area contributed by atoms with Crippen LogP contribution in [0.25, 0.3) is 43.8 Å². The van der Waals surface area contributed by atoms with Crippen LogP contribution in [0.3, 0.4) is 0 Å². The lowest BCUT2D eigenvalue weighted by Gasteiger charge is -2.18. The number of aryl methyl sites for hydroxylation is 2. The summed E-state index contributed by atoms with van der Waals surface area (Å²) in [5, 5.41) is 5.24. The maximum Gasteiger partial charge on any atom is -0.00264 e. The Morgan fingerprint density at radius 3 is 1.24 bits per heavy atom. The molecule has 0 nitrogen and oxygen atoms in total. The van der Waals surface area contributed by atoms with Crippen LogP contribution < -0.4 is 0 Å². The van der Waals surface area contributed by atoms with Gasteiger partial charge >= 0.3 is 0 Å². The third-order valence-corrected chi connectivity index (χ3v) is 5.92. The van der Waals surface area contributed by atoms with Crippen LogP contribution in [0, 0.1) is 6.92 Å². The van der Waals surface area contributed by atoms with Crippen molar-refractivity contribution in [3.05, 3.63) is 108 Å². The van der Waals surface area contributed by atoms with E-state index >= 15 is 0 Å². The van der Waals surface area contributed by atoms with Gasteiger partial charge in [0.15, 0.2) is 0 Å². The Balaban J connectivity index is 1.92. The molecule has 0 saturated heterocycles. The molecule has 5 aromatic rings. The third kappa shape index (κ3) is 3.02. The van der Waals surface area contributed by atoms with Crippen molar-refractivity contribution in [2.24, 2.45) is 0 Å². The predicted molar refractivity (Wildman–Crippen MR) is 126 cm³/mol. The van der Waals surface area contributed by atoms with Gasteiger partial charge in [0.1, 0.15) is 0 Å². The fourth-order valence-corrected chi connectivity index (χ4v) is 4.38. The summed E-state index contributed by atoms with van der Waals surface area (Å²) in [6.07, 6.45) is 1.06. The normalized spacial score (nSPS) is 11.2. The molecule has 0 atom stereocenters. The van der Waals surface area contributed by atoms with E-state index in [0.29, 0.717) is 0 Å². The predicted octanol–water partition coefficient (Wildman–Crippen LogP) is 8.20. The highest BCUT2D eigenvalue weighted by Crippen LogP contribution is 2.43. The molecule has 140 valence electrons. The highest BCUT2D eigenvalue weighted by atomic mass is 14.2. The zero-order chi connectivity index (χ0) is 19.8. The fourth-order valence-electron chi connectivity index (χ4n) is 4.38. The molecule has 0 aromatic heterocycles. The van der Waals surface area contributed by atoms with Gasteiger partial charge in [0.2, 0.25) is 0 Å². The van der Waals surface area contributed by atoms with Crippen molar-refractivity contribution in [1.82, 2.24) is 0 Å². The molecule has 0 heterocycles. The van der Waals surface area contributed by atoms with Gasteiger partial charge in [0.05, 0.1) is 0 Å². The summed E-state index contributed by atoms with van der Waals surface area (Å²) in [6, 6.07) is 35.6. The van der Waals surface area contributed by atoms with Crippen LogP contribution in [0.5, 0.6) is 0 Å². The minimum Gasteiger partial charge on any atom is -0.0616 e. The summed E-state index contributed by atoms with van der Waals surface area (Å²) in [7, 11) is 0. The first-order valence-corrected chi connectivity index (χ1v) is 10.4. The van der Waals surface area contributed by atoms with Gasteiger partial charge < -0.3 is 0 Å². The number of hydrogen-bond donors (Lipinski definition) is 0. The molecule has 0 N–H and O–H groups in total. The zero-order valence-corrected chi connectivity index (χ0v) is 16.9. The number of hydrogen-bond acceptors (Lipinski definition) is 0. The molecular formula is C29H24. The van der Waals surface area contributed by atoms with Gasteiger partial charge in [0.25, 0.3) is 0 Å². The number of fused-ring (bicyclic) bond motifs is 2. The van der Waals surface area contributed by atoms with E-state index in [9.17, 15) is 0 Å². The number of benzene rings is 5. The second-order valence-electron chi connectivity index (χ2n) is 7.76. The van der Waals surface area contributed by atoms with Gasteiger partial charge in [-0.15, -0.1) is 0 Å². The summed E-state index contributed by atoms with van der Waals surface area (Å²) in [4.78, 5) is 0. The molecule has 0 fully saturated rings. The maximum atomic E-state index is 2.28. The van der Waals surface area contributed by atoms with E-state index < -0.39 is 0 Å². The van der Waals surface area contributed by atoms with Crippen molar-refractivity contribution in [2.75, 3.05) is 0 Å². The smallest absolute Gasteiger partial charge is 0.00264 e. The van der Waals surface area contributed by atoms with E-state index in [1.807, 2.05) is 0 Å². The molecule has 29 heavy (non-hydrogen) atoms. The first-order chi connectivity index (χ1) is 14.3. The fraction of sp³-hybridized carbons (Fsp3) is 0.103. The highest BCUT2D eigenvalue weighted by Gasteiger charge is 2.16. The Hall–Kier alpha value is -3.38. The van der Waals surface area contributed by atoms with Crippen LogP contribution in [-0.4, -0.2) is 0 Å². The highest BCUT2D eigenvalue weighted by molar-refractivity contribution is 6.21. The Kier molecular flexibility index (Phi) is 4.41. The van der Waals surface area contributed by atoms with Gasteiger partial charge in [-0.05, 0) is 62.7 Å². The molecule has 0 amide bonds. The first-order valence-electron chi connectivity index (χ1n) is 10.4. The SMILES string of the molecule is CCc1ccc(-c2c3ccccc3c(-c3ccc(C)cc3)c3ccccc23)cc1. The van der Waals surface area contributed by atoms with Gasteiger partial charge in [-0.25, -0.2) is 0 Å². The molecule has 0 bridgehead atoms. The molecule has 5 rings (SSSR count). The lowest BCUT2D eigenvalue weighted by atomic mass is 9.85. The summed E-state index contributed by atoms with van der Waals surface area (Å²) < 4.78 is 0. The molecule has 0 saturated carbocycles. The molecular weight excluding hydrogens is 348 g/mol. The molecule has 0 radical (unpaired) electrons. The largest absolute Gasteiger partial charge is 0.0616 e. The summed E-state index contributed by atoms with van der Waals surface area (Å²) in [6.45, 7) is 4.35. The Labute approximate surface area is 172 Å². The quantitative estimate of drug-likeness (QED) is 0.280. The van der Waals surface area contributed by atoms with Crippen molar-refractivity contribution in [3.63, 3.8) is 0 Å². The second kappa shape index (κ2) is 7.22. The lowest BCUT2D eigenvalue weighted by Crippen LogP contribution is -1.91. The van der Waals surface area contributed by atoms with E-state index in [0.717, 1.165) is 6.42 Å². The average molecular weight is 373 g/mol. The van der Waals surface area contributed by atoms with Crippen LogP contribution in [-0.2, 0) is 6.42 Å². The molecule has 0 aliphatic heterocycles. The van der Waals surface area contributed by atoms with Gasteiger partial charge in [0, 0.05) is 0 Å². The second-order valence-corrected chi connectivity index (χ2v) is 7.76. The van der Waals surface area contributed by atoms with Crippen LogP contribution in [0.15, 0.2) is 97.1 Å². The molecule has 0 unspecified atom stereocenters. The third-order valence-electron chi connectivity index (χ3n) is 5.92. The lowest BCUT2D eigenvalue weighted by molar-refractivity contribution is 1.14. The van der Waals surface area contributed by atoms with Crippen LogP contribution in [0.1, 0.15) is 18.1 Å². The van der Waals surface area contributed by atoms with Crippen LogP contribution in [0.2, 0.25) is 0 Å². The van der Waals surface area contributed by atoms with Gasteiger partial charge in [-0.2, -0.15) is 0 Å². The van der Waals surface area contributed by atoms with Crippen molar-refractivity contribution in [3.8, 4) is 22.3 Å². The van der Waals surface area contributed by atoms with E-state index in [1.165, 1.54) is 54.9 Å². The molecule has 5 aromatic carbocycles. The molecule has 0 aliphatic carbocycles. The van der Waals surface area contributed by atoms with Crippen molar-refractivity contribution in [1.29, 1.82) is 0 Å². The molecule has 0 spiro atoms. The summed E-state index contributed by atoms with van der Waals surface area (Å²) in [5.74, 6) is 0. The van der Waals surface area contributed by atoms with E-state index in [-0.39, 0.29) is 0 Å². The van der Waals surface area contributed by atoms with Crippen molar-refractivity contribution >= 4 is 21.5 Å². The Morgan fingerprint density at radius 1 is 0.483 bits per heavy atom. The van der Waals surface area contributed by atoms with E-state index in [4.69, 9.17) is 0 Å². The van der Waals surface area contributed by atoms with Crippen molar-refractivity contribution < 1.29 is 0 Å². The Morgan fingerprint density at radius 2 is 0.862 bits per heavy atom. The van der Waals surface area contributed by atoms with Crippen molar-refractivity contribution in [2.45, 2.75) is 20.3 Å². The van der Waals surface area contributed by atoms with Crippen LogP contribution >= 0.6 is 0 Å².